The lowest BCUT2D eigenvalue weighted by atomic mass is 9.80. The van der Waals surface area contributed by atoms with Crippen LogP contribution < -0.4 is 0 Å². The van der Waals surface area contributed by atoms with Crippen LogP contribution in [0.25, 0.3) is 0 Å². The molecule has 18 heavy (non-hydrogen) atoms. The molecule has 0 spiro atoms. The average molecular weight is 238 g/mol. The van der Waals surface area contributed by atoms with Crippen LogP contribution in [0.3, 0.4) is 0 Å². The monoisotopic (exact) mass is 238 g/mol. The molecule has 0 amide bonds. The number of nitrogens with zero attached hydrogens (tertiary/aromatic N) is 2. The van der Waals surface area contributed by atoms with E-state index in [2.05, 4.69) is 22.1 Å². The molecular weight excluding hydrogens is 224 g/mol. The molecule has 1 fully saturated rings. The molecule has 0 N–H and O–H groups in total. The molecule has 3 nitrogen and oxygen atoms in total. The lowest BCUT2D eigenvalue weighted by Crippen LogP contribution is -2.09. The van der Waals surface area contributed by atoms with E-state index in [4.69, 9.17) is 0 Å². The molecule has 1 aromatic carbocycles. The number of hydrogen-bond acceptors (Lipinski definition) is 3. The Morgan fingerprint density at radius 3 is 2.44 bits per heavy atom. The van der Waals surface area contributed by atoms with E-state index in [1.54, 1.807) is 6.20 Å². The number of ketones is 1. The first kappa shape index (κ1) is 11.1. The summed E-state index contributed by atoms with van der Waals surface area (Å²) in [6, 6.07) is 7.91. The van der Waals surface area contributed by atoms with E-state index in [1.807, 2.05) is 12.1 Å². The minimum absolute atomic E-state index is 0.0664. The fraction of sp³-hybridized carbons (Fsp3) is 0.267. The van der Waals surface area contributed by atoms with E-state index in [0.29, 0.717) is 17.2 Å². The second kappa shape index (κ2) is 4.69. The molecule has 1 aliphatic carbocycles. The lowest BCUT2D eigenvalue weighted by molar-refractivity contribution is 0.103. The maximum atomic E-state index is 12.1. The first-order valence-corrected chi connectivity index (χ1v) is 6.25. The van der Waals surface area contributed by atoms with Crippen molar-refractivity contribution in [1.82, 2.24) is 9.97 Å². The number of aromatic nitrogens is 2. The Balaban J connectivity index is 1.82. The van der Waals surface area contributed by atoms with E-state index in [0.717, 1.165) is 0 Å². The fourth-order valence-corrected chi connectivity index (χ4v) is 2.21. The number of benzene rings is 1. The molecule has 1 saturated carbocycles. The van der Waals surface area contributed by atoms with Gasteiger partial charge in [-0.3, -0.25) is 9.78 Å². The van der Waals surface area contributed by atoms with Crippen molar-refractivity contribution in [2.45, 2.75) is 25.2 Å². The Morgan fingerprint density at radius 2 is 1.89 bits per heavy atom. The van der Waals surface area contributed by atoms with Crippen LogP contribution in [-0.2, 0) is 0 Å². The van der Waals surface area contributed by atoms with Crippen molar-refractivity contribution in [3.8, 4) is 0 Å². The molecule has 3 heteroatoms. The highest BCUT2D eigenvalue weighted by atomic mass is 16.1. The van der Waals surface area contributed by atoms with Crippen molar-refractivity contribution >= 4 is 5.78 Å². The van der Waals surface area contributed by atoms with Crippen LogP contribution in [0.4, 0.5) is 0 Å². The summed E-state index contributed by atoms with van der Waals surface area (Å²) in [6.07, 6.45) is 8.48. The summed E-state index contributed by atoms with van der Waals surface area (Å²) in [6.45, 7) is 0. The summed E-state index contributed by atoms with van der Waals surface area (Å²) in [7, 11) is 0. The number of carbonyl (C=O) groups excluding carboxylic acids is 1. The second-order valence-corrected chi connectivity index (χ2v) is 4.67. The highest BCUT2D eigenvalue weighted by molar-refractivity contribution is 6.07. The summed E-state index contributed by atoms with van der Waals surface area (Å²) in [4.78, 5) is 20.1. The molecule has 2 aromatic rings. The Hall–Kier alpha value is -2.03. The molecule has 3 rings (SSSR count). The quantitative estimate of drug-likeness (QED) is 0.772. The molecule has 1 heterocycles. The molecule has 0 aliphatic heterocycles. The van der Waals surface area contributed by atoms with Gasteiger partial charge in [-0.2, -0.15) is 0 Å². The number of hydrogen-bond donors (Lipinski definition) is 0. The van der Waals surface area contributed by atoms with E-state index in [-0.39, 0.29) is 5.78 Å². The zero-order chi connectivity index (χ0) is 12.4. The van der Waals surface area contributed by atoms with Gasteiger partial charge in [-0.25, -0.2) is 4.98 Å². The van der Waals surface area contributed by atoms with Gasteiger partial charge in [0.2, 0.25) is 5.78 Å². The largest absolute Gasteiger partial charge is 0.287 e. The van der Waals surface area contributed by atoms with Gasteiger partial charge in [0, 0.05) is 18.0 Å². The second-order valence-electron chi connectivity index (χ2n) is 4.67. The van der Waals surface area contributed by atoms with E-state index >= 15 is 0 Å². The van der Waals surface area contributed by atoms with Crippen molar-refractivity contribution < 1.29 is 4.79 Å². The molecule has 0 saturated heterocycles. The highest BCUT2D eigenvalue weighted by Gasteiger charge is 2.19. The van der Waals surface area contributed by atoms with Gasteiger partial charge in [0.1, 0.15) is 5.69 Å². The van der Waals surface area contributed by atoms with Crippen LogP contribution in [-0.4, -0.2) is 15.8 Å². The predicted molar refractivity (Wildman–Crippen MR) is 68.5 cm³/mol. The SMILES string of the molecule is O=C(c1ccc(C2CCC2)cc1)c1cnccn1. The topological polar surface area (TPSA) is 42.9 Å². The van der Waals surface area contributed by atoms with Gasteiger partial charge in [0.15, 0.2) is 0 Å². The molecule has 0 radical (unpaired) electrons. The third-order valence-corrected chi connectivity index (χ3v) is 3.55. The minimum atomic E-state index is -0.0664. The Kier molecular flexibility index (Phi) is 2.89. The van der Waals surface area contributed by atoms with Crippen LogP contribution >= 0.6 is 0 Å². The maximum absolute atomic E-state index is 12.1. The third-order valence-electron chi connectivity index (χ3n) is 3.55. The van der Waals surface area contributed by atoms with Gasteiger partial charge in [0.05, 0.1) is 6.20 Å². The molecular formula is C15H14N2O. The normalized spacial score (nSPS) is 15.1. The van der Waals surface area contributed by atoms with Crippen LogP contribution in [0.1, 0.15) is 46.8 Å². The summed E-state index contributed by atoms with van der Waals surface area (Å²) < 4.78 is 0. The summed E-state index contributed by atoms with van der Waals surface area (Å²) in [5, 5.41) is 0. The molecule has 0 atom stereocenters. The molecule has 1 aromatic heterocycles. The van der Waals surface area contributed by atoms with E-state index in [9.17, 15) is 4.79 Å². The molecule has 0 bridgehead atoms. The molecule has 0 unspecified atom stereocenters. The van der Waals surface area contributed by atoms with Crippen molar-refractivity contribution in [3.63, 3.8) is 0 Å². The van der Waals surface area contributed by atoms with Gasteiger partial charge in [-0.05, 0) is 24.3 Å². The summed E-state index contributed by atoms with van der Waals surface area (Å²) in [5.41, 5.74) is 2.42. The van der Waals surface area contributed by atoms with E-state index in [1.165, 1.54) is 37.2 Å². The summed E-state index contributed by atoms with van der Waals surface area (Å²) in [5.74, 6) is 0.633. The van der Waals surface area contributed by atoms with Gasteiger partial charge >= 0.3 is 0 Å². The van der Waals surface area contributed by atoms with Crippen molar-refractivity contribution in [2.75, 3.05) is 0 Å². The smallest absolute Gasteiger partial charge is 0.212 e. The first-order chi connectivity index (χ1) is 8.84. The van der Waals surface area contributed by atoms with Crippen LogP contribution in [0, 0.1) is 0 Å². The first-order valence-electron chi connectivity index (χ1n) is 6.25. The van der Waals surface area contributed by atoms with Gasteiger partial charge in [-0.1, -0.05) is 30.7 Å². The zero-order valence-corrected chi connectivity index (χ0v) is 10.0. The third kappa shape index (κ3) is 2.04. The fourth-order valence-electron chi connectivity index (χ4n) is 2.21. The molecule has 1 aliphatic rings. The van der Waals surface area contributed by atoms with Crippen LogP contribution in [0.2, 0.25) is 0 Å². The lowest BCUT2D eigenvalue weighted by Gasteiger charge is -2.25. The summed E-state index contributed by atoms with van der Waals surface area (Å²) >= 11 is 0. The Morgan fingerprint density at radius 1 is 1.11 bits per heavy atom. The minimum Gasteiger partial charge on any atom is -0.287 e. The van der Waals surface area contributed by atoms with Crippen molar-refractivity contribution in [3.05, 3.63) is 59.7 Å². The Bertz CT molecular complexity index is 544. The van der Waals surface area contributed by atoms with Crippen molar-refractivity contribution in [2.24, 2.45) is 0 Å². The predicted octanol–water partition coefficient (Wildman–Crippen LogP) is 2.98. The number of carbonyl (C=O) groups is 1. The zero-order valence-electron chi connectivity index (χ0n) is 10.0. The van der Waals surface area contributed by atoms with E-state index < -0.39 is 0 Å². The Labute approximate surface area is 106 Å². The van der Waals surface area contributed by atoms with Gasteiger partial charge < -0.3 is 0 Å². The van der Waals surface area contributed by atoms with Gasteiger partial charge in [-0.15, -0.1) is 0 Å². The molecule has 90 valence electrons. The standard InChI is InChI=1S/C15H14N2O/c18-15(14-10-16-8-9-17-14)13-6-4-12(5-7-13)11-2-1-3-11/h4-11H,1-3H2. The van der Waals surface area contributed by atoms with Crippen LogP contribution in [0.15, 0.2) is 42.9 Å². The average Bonchev–Trinajstić information content (AvgIpc) is 2.38. The van der Waals surface area contributed by atoms with Crippen LogP contribution in [0.5, 0.6) is 0 Å². The van der Waals surface area contributed by atoms with Gasteiger partial charge in [0.25, 0.3) is 0 Å². The highest BCUT2D eigenvalue weighted by Crippen LogP contribution is 2.36. The maximum Gasteiger partial charge on any atom is 0.212 e. The van der Waals surface area contributed by atoms with Crippen molar-refractivity contribution in [1.29, 1.82) is 0 Å². The number of rotatable bonds is 3.